The summed E-state index contributed by atoms with van der Waals surface area (Å²) in [5, 5.41) is 0.399. The van der Waals surface area contributed by atoms with E-state index in [9.17, 15) is 14.6 Å². The molecule has 0 N–H and O–H groups in total. The molecule has 0 aliphatic carbocycles. The standard InChI is InChI=1S/C3O4P2/c4-2-1-3(8(1)5)9(6)7-2. The topological polar surface area (TPSA) is 76.3 Å². The lowest BCUT2D eigenvalue weighted by atomic mass is 10.7. The zero-order valence-electron chi connectivity index (χ0n) is 4.03. The van der Waals surface area contributed by atoms with Crippen LogP contribution in [-0.2, 0) is 0 Å². The average Bonchev–Trinajstić information content (AvgIpc) is 2.30. The van der Waals surface area contributed by atoms with Gasteiger partial charge in [-0.25, -0.2) is 8.99 Å². The van der Waals surface area contributed by atoms with Gasteiger partial charge < -0.3 is 9.79 Å². The lowest BCUT2D eigenvalue weighted by Gasteiger charge is -1.69. The minimum absolute atomic E-state index is 0.158. The van der Waals surface area contributed by atoms with E-state index in [2.05, 4.69) is 4.20 Å². The van der Waals surface area contributed by atoms with Gasteiger partial charge in [-0.15, -0.1) is 0 Å². The monoisotopic (exact) mass is 162 g/mol. The number of rotatable bonds is 0. The molecule has 2 aliphatic rings. The van der Waals surface area contributed by atoms with Gasteiger partial charge in [0.05, 0.1) is 0 Å². The first-order valence-electron chi connectivity index (χ1n) is 2.13. The Hall–Kier alpha value is -0.270. The fraction of sp³-hybridized carbons (Fsp3) is 0. The zero-order chi connectivity index (χ0) is 6.59. The largest absolute Gasteiger partial charge is 0.622 e. The SMILES string of the molecule is O=c1o[p+]([O-])c2[p+]([O-])c1-2. The van der Waals surface area contributed by atoms with Crippen molar-refractivity contribution in [3.8, 4) is 10.3 Å². The normalized spacial score (nSPS) is 15.8. The predicted molar refractivity (Wildman–Crippen MR) is 29.0 cm³/mol. The van der Waals surface area contributed by atoms with Crippen molar-refractivity contribution in [2.45, 2.75) is 0 Å². The molecule has 0 saturated carbocycles. The molecule has 2 rings (SSSR count). The van der Waals surface area contributed by atoms with Gasteiger partial charge in [-0.3, -0.25) is 0 Å². The molecule has 2 atom stereocenters. The molecule has 0 amide bonds. The minimum atomic E-state index is -2.03. The van der Waals surface area contributed by atoms with E-state index < -0.39 is 21.4 Å². The van der Waals surface area contributed by atoms with E-state index in [0.29, 0.717) is 0 Å². The molecular weight excluding hydrogens is 162 g/mol. The molecule has 0 aromatic rings. The van der Waals surface area contributed by atoms with Crippen molar-refractivity contribution in [1.29, 1.82) is 0 Å². The summed E-state index contributed by atoms with van der Waals surface area (Å²) < 4.78 is 4.21. The van der Waals surface area contributed by atoms with Crippen LogP contribution in [-0.4, -0.2) is 0 Å². The van der Waals surface area contributed by atoms with Gasteiger partial charge in [0.15, 0.2) is 7.76 Å². The van der Waals surface area contributed by atoms with Gasteiger partial charge in [0.2, 0.25) is 0 Å². The van der Waals surface area contributed by atoms with E-state index in [1.54, 1.807) is 0 Å². The van der Waals surface area contributed by atoms with Crippen molar-refractivity contribution in [1.82, 2.24) is 0 Å². The molecular formula is C3O4P2. The summed E-state index contributed by atoms with van der Waals surface area (Å²) in [7, 11) is -3.70. The second-order valence-corrected chi connectivity index (χ2v) is 4.58. The Labute approximate surface area is 51.4 Å². The third kappa shape index (κ3) is 0.537. The maximum atomic E-state index is 10.5. The summed E-state index contributed by atoms with van der Waals surface area (Å²) in [6, 6.07) is 0. The Morgan fingerprint density at radius 2 is 2.11 bits per heavy atom. The second-order valence-electron chi connectivity index (χ2n) is 1.60. The number of hydrogen-bond acceptors (Lipinski definition) is 4. The van der Waals surface area contributed by atoms with Crippen LogP contribution in [0.3, 0.4) is 0 Å². The molecule has 0 saturated heterocycles. The zero-order valence-corrected chi connectivity index (χ0v) is 5.82. The van der Waals surface area contributed by atoms with Gasteiger partial charge in [0, 0.05) is 0 Å². The average molecular weight is 162 g/mol. The highest BCUT2D eigenvalue weighted by Crippen LogP contribution is 2.62. The Morgan fingerprint density at radius 3 is 2.33 bits per heavy atom. The lowest BCUT2D eigenvalue weighted by Crippen LogP contribution is -1.89. The highest BCUT2D eigenvalue weighted by Gasteiger charge is 2.51. The fourth-order valence-electron chi connectivity index (χ4n) is 0.638. The van der Waals surface area contributed by atoms with Gasteiger partial charge in [-0.05, 0) is 0 Å². The van der Waals surface area contributed by atoms with Crippen molar-refractivity contribution in [3.05, 3.63) is 10.4 Å². The summed E-state index contributed by atoms with van der Waals surface area (Å²) in [6.07, 6.45) is 0. The second kappa shape index (κ2) is 1.41. The maximum absolute atomic E-state index is 10.5. The van der Waals surface area contributed by atoms with Crippen LogP contribution >= 0.6 is 15.8 Å². The van der Waals surface area contributed by atoms with E-state index >= 15 is 0 Å². The van der Waals surface area contributed by atoms with E-state index in [1.165, 1.54) is 0 Å². The van der Waals surface area contributed by atoms with E-state index in [-0.39, 0.29) is 10.3 Å². The first kappa shape index (κ1) is 5.51. The summed E-state index contributed by atoms with van der Waals surface area (Å²) in [5.41, 5.74) is -0.660. The van der Waals surface area contributed by atoms with Crippen LogP contribution in [0.25, 0.3) is 10.3 Å². The van der Waals surface area contributed by atoms with Crippen LogP contribution in [0.4, 0.5) is 0 Å². The Kier molecular flexibility index (Phi) is 0.866. The van der Waals surface area contributed by atoms with Crippen LogP contribution in [0.5, 0.6) is 0 Å². The van der Waals surface area contributed by atoms with E-state index in [4.69, 9.17) is 0 Å². The van der Waals surface area contributed by atoms with Crippen molar-refractivity contribution < 1.29 is 14.0 Å². The van der Waals surface area contributed by atoms with Crippen molar-refractivity contribution >= 4 is 15.8 Å². The van der Waals surface area contributed by atoms with Crippen LogP contribution in [0, 0.1) is 0 Å². The molecule has 0 spiro atoms. The summed E-state index contributed by atoms with van der Waals surface area (Å²) in [5.74, 6) is 0. The van der Waals surface area contributed by atoms with Gasteiger partial charge in [0.1, 0.15) is 0 Å². The van der Waals surface area contributed by atoms with E-state index in [0.717, 1.165) is 0 Å². The number of fused-ring (bicyclic) bond motifs is 1. The first-order valence-corrected chi connectivity index (χ1v) is 4.56. The van der Waals surface area contributed by atoms with Gasteiger partial charge in [0.25, 0.3) is 0 Å². The molecule has 2 aliphatic heterocycles. The Balaban J connectivity index is 2.86. The molecule has 6 heteroatoms. The molecule has 0 aromatic heterocycles. The van der Waals surface area contributed by atoms with E-state index in [1.807, 2.05) is 0 Å². The van der Waals surface area contributed by atoms with Crippen molar-refractivity contribution in [2.75, 3.05) is 0 Å². The minimum Gasteiger partial charge on any atom is -0.622 e. The van der Waals surface area contributed by atoms with Crippen LogP contribution in [0.2, 0.25) is 0 Å². The van der Waals surface area contributed by atoms with Crippen LogP contribution in [0.15, 0.2) is 8.99 Å². The molecule has 4 nitrogen and oxygen atoms in total. The Bertz CT molecular complexity index is 340. The Morgan fingerprint density at radius 1 is 1.44 bits per heavy atom. The summed E-state index contributed by atoms with van der Waals surface area (Å²) in [4.78, 5) is 31.4. The van der Waals surface area contributed by atoms with Crippen molar-refractivity contribution in [2.24, 2.45) is 0 Å². The molecule has 0 bridgehead atoms. The summed E-state index contributed by atoms with van der Waals surface area (Å²) in [6.45, 7) is 0. The smallest absolute Gasteiger partial charge is 0.441 e. The van der Waals surface area contributed by atoms with Crippen LogP contribution < -0.4 is 15.4 Å². The van der Waals surface area contributed by atoms with Crippen LogP contribution in [0.1, 0.15) is 0 Å². The molecule has 46 valence electrons. The lowest BCUT2D eigenvalue weighted by molar-refractivity contribution is -0.160. The maximum Gasteiger partial charge on any atom is 0.441 e. The quantitative estimate of drug-likeness (QED) is 0.518. The fourth-order valence-corrected chi connectivity index (χ4v) is 3.39. The van der Waals surface area contributed by atoms with Gasteiger partial charge in [-0.2, -0.15) is 0 Å². The summed E-state index contributed by atoms with van der Waals surface area (Å²) >= 11 is 0. The highest BCUT2D eigenvalue weighted by atomic mass is 31.2. The van der Waals surface area contributed by atoms with Gasteiger partial charge >= 0.3 is 23.9 Å². The third-order valence-electron chi connectivity index (χ3n) is 1.09. The molecule has 2 unspecified atom stereocenters. The van der Waals surface area contributed by atoms with Gasteiger partial charge in [-0.1, -0.05) is 0 Å². The molecule has 0 fully saturated rings. The van der Waals surface area contributed by atoms with Crippen molar-refractivity contribution in [3.63, 3.8) is 0 Å². The number of hydrogen-bond donors (Lipinski definition) is 0. The predicted octanol–water partition coefficient (Wildman–Crippen LogP) is -0.598. The first-order chi connectivity index (χ1) is 4.22. The third-order valence-corrected chi connectivity index (χ3v) is 4.40. The molecule has 0 aromatic carbocycles. The highest BCUT2D eigenvalue weighted by molar-refractivity contribution is 7.71. The molecule has 2 heterocycles. The molecule has 9 heavy (non-hydrogen) atoms. The molecule has 0 radical (unpaired) electrons.